The molecule has 1 rings (SSSR count). The standard InChI is InChI=1S/C12H16O4S4/c13-9-1-5-17-10(14)3-7-19-12(16)4-8-20-11(15)2-6-18-9/h1-8H2. The maximum atomic E-state index is 11.5. The van der Waals surface area contributed by atoms with Gasteiger partial charge in [0.15, 0.2) is 20.5 Å². The van der Waals surface area contributed by atoms with Crippen molar-refractivity contribution in [1.29, 1.82) is 0 Å². The molecule has 0 aliphatic carbocycles. The fourth-order valence-electron chi connectivity index (χ4n) is 1.28. The summed E-state index contributed by atoms with van der Waals surface area (Å²) >= 11 is 4.60. The largest absolute Gasteiger partial charge is 0.287 e. The zero-order chi connectivity index (χ0) is 14.8. The summed E-state index contributed by atoms with van der Waals surface area (Å²) in [5, 5.41) is 0.110. The number of hydrogen-bond donors (Lipinski definition) is 0. The molecule has 1 fully saturated rings. The first-order valence-electron chi connectivity index (χ1n) is 6.20. The molecule has 4 nitrogen and oxygen atoms in total. The summed E-state index contributed by atoms with van der Waals surface area (Å²) in [5.41, 5.74) is 0. The first-order valence-corrected chi connectivity index (χ1v) is 10.1. The van der Waals surface area contributed by atoms with Crippen molar-refractivity contribution in [1.82, 2.24) is 0 Å². The first kappa shape index (κ1) is 18.1. The highest BCUT2D eigenvalue weighted by molar-refractivity contribution is 8.16. The van der Waals surface area contributed by atoms with Crippen LogP contribution in [0.4, 0.5) is 0 Å². The molecule has 0 aromatic heterocycles. The van der Waals surface area contributed by atoms with Crippen molar-refractivity contribution in [2.75, 3.05) is 23.0 Å². The molecule has 1 aliphatic heterocycles. The van der Waals surface area contributed by atoms with Gasteiger partial charge in [0.2, 0.25) is 0 Å². The van der Waals surface area contributed by atoms with Gasteiger partial charge in [-0.05, 0) is 0 Å². The fraction of sp³-hybridized carbons (Fsp3) is 0.667. The molecular formula is C12H16O4S4. The highest BCUT2D eigenvalue weighted by Crippen LogP contribution is 2.18. The summed E-state index contributed by atoms with van der Waals surface area (Å²) in [6, 6.07) is 0. The highest BCUT2D eigenvalue weighted by atomic mass is 32.2. The van der Waals surface area contributed by atoms with E-state index in [4.69, 9.17) is 0 Å². The highest BCUT2D eigenvalue weighted by Gasteiger charge is 2.12. The molecule has 1 heterocycles. The van der Waals surface area contributed by atoms with Crippen LogP contribution in [0.15, 0.2) is 0 Å². The molecule has 8 heteroatoms. The minimum atomic E-state index is 0.0275. The summed E-state index contributed by atoms with van der Waals surface area (Å²) in [5.74, 6) is 1.91. The van der Waals surface area contributed by atoms with Gasteiger partial charge >= 0.3 is 0 Å². The van der Waals surface area contributed by atoms with E-state index in [1.165, 1.54) is 0 Å². The zero-order valence-corrected chi connectivity index (χ0v) is 14.2. The SMILES string of the molecule is O=C1CCSC(=O)CCSC(=O)CCSC(=O)CCS1. The second kappa shape index (κ2) is 10.8. The van der Waals surface area contributed by atoms with E-state index in [0.29, 0.717) is 48.7 Å². The van der Waals surface area contributed by atoms with E-state index >= 15 is 0 Å². The molecule has 0 amide bonds. The predicted octanol–water partition coefficient (Wildman–Crippen LogP) is 2.60. The van der Waals surface area contributed by atoms with E-state index in [9.17, 15) is 19.2 Å². The van der Waals surface area contributed by atoms with Crippen LogP contribution in [0.2, 0.25) is 0 Å². The molecule has 0 N–H and O–H groups in total. The Balaban J connectivity index is 2.41. The van der Waals surface area contributed by atoms with E-state index in [0.717, 1.165) is 47.0 Å². The van der Waals surface area contributed by atoms with Crippen LogP contribution in [0.3, 0.4) is 0 Å². The molecule has 0 atom stereocenters. The summed E-state index contributed by atoms with van der Waals surface area (Å²) in [4.78, 5) is 46.0. The van der Waals surface area contributed by atoms with Crippen molar-refractivity contribution >= 4 is 67.5 Å². The van der Waals surface area contributed by atoms with Gasteiger partial charge in [-0.1, -0.05) is 47.0 Å². The van der Waals surface area contributed by atoms with Crippen LogP contribution in [-0.4, -0.2) is 43.5 Å². The van der Waals surface area contributed by atoms with E-state index in [-0.39, 0.29) is 20.5 Å². The Morgan fingerprint density at radius 3 is 0.850 bits per heavy atom. The Labute approximate surface area is 135 Å². The van der Waals surface area contributed by atoms with Gasteiger partial charge in [0.1, 0.15) is 0 Å². The van der Waals surface area contributed by atoms with Gasteiger partial charge in [-0.3, -0.25) is 19.2 Å². The zero-order valence-electron chi connectivity index (χ0n) is 10.9. The molecule has 1 saturated heterocycles. The van der Waals surface area contributed by atoms with Gasteiger partial charge in [0.25, 0.3) is 0 Å². The number of carbonyl (C=O) groups is 4. The number of rotatable bonds is 0. The second-order valence-corrected chi connectivity index (χ2v) is 8.49. The van der Waals surface area contributed by atoms with E-state index in [2.05, 4.69) is 0 Å². The topological polar surface area (TPSA) is 68.3 Å². The lowest BCUT2D eigenvalue weighted by Gasteiger charge is -2.04. The van der Waals surface area contributed by atoms with Crippen molar-refractivity contribution in [2.24, 2.45) is 0 Å². The maximum Gasteiger partial charge on any atom is 0.189 e. The van der Waals surface area contributed by atoms with Gasteiger partial charge in [-0.25, -0.2) is 0 Å². The van der Waals surface area contributed by atoms with Crippen LogP contribution in [0.5, 0.6) is 0 Å². The normalized spacial score (nSPS) is 22.0. The number of thioether (sulfide) groups is 4. The van der Waals surface area contributed by atoms with Crippen LogP contribution < -0.4 is 0 Å². The Bertz CT molecular complexity index is 288. The molecule has 0 spiro atoms. The van der Waals surface area contributed by atoms with Crippen molar-refractivity contribution in [2.45, 2.75) is 25.7 Å². The lowest BCUT2D eigenvalue weighted by molar-refractivity contribution is -0.111. The average molecular weight is 353 g/mol. The van der Waals surface area contributed by atoms with Gasteiger partial charge in [-0.15, -0.1) is 0 Å². The van der Waals surface area contributed by atoms with Gasteiger partial charge in [0.05, 0.1) is 0 Å². The number of carbonyl (C=O) groups excluding carboxylic acids is 4. The fourth-order valence-corrected chi connectivity index (χ4v) is 4.84. The third kappa shape index (κ3) is 9.10. The maximum absolute atomic E-state index is 11.5. The van der Waals surface area contributed by atoms with E-state index in [1.807, 2.05) is 0 Å². The summed E-state index contributed by atoms with van der Waals surface area (Å²) < 4.78 is 0. The molecule has 1 aliphatic rings. The third-order valence-corrected chi connectivity index (χ3v) is 6.01. The molecule has 0 bridgehead atoms. The monoisotopic (exact) mass is 352 g/mol. The van der Waals surface area contributed by atoms with Crippen molar-refractivity contribution in [3.63, 3.8) is 0 Å². The van der Waals surface area contributed by atoms with Crippen LogP contribution in [0.25, 0.3) is 0 Å². The molecule has 20 heavy (non-hydrogen) atoms. The van der Waals surface area contributed by atoms with Crippen LogP contribution in [0, 0.1) is 0 Å². The third-order valence-electron chi connectivity index (χ3n) is 2.28. The smallest absolute Gasteiger partial charge is 0.189 e. The summed E-state index contributed by atoms with van der Waals surface area (Å²) in [7, 11) is 0. The van der Waals surface area contributed by atoms with E-state index in [1.54, 1.807) is 0 Å². The Hall–Kier alpha value is 0.0800. The van der Waals surface area contributed by atoms with Gasteiger partial charge in [0, 0.05) is 48.7 Å². The van der Waals surface area contributed by atoms with Crippen LogP contribution >= 0.6 is 47.0 Å². The lowest BCUT2D eigenvalue weighted by Crippen LogP contribution is -2.04. The Morgan fingerprint density at radius 2 is 0.650 bits per heavy atom. The molecule has 0 aromatic carbocycles. The average Bonchev–Trinajstić information content (AvgIpc) is 2.37. The second-order valence-electron chi connectivity index (χ2n) is 3.88. The molecule has 0 aromatic rings. The first-order chi connectivity index (χ1) is 9.58. The Morgan fingerprint density at radius 1 is 0.450 bits per heavy atom. The van der Waals surface area contributed by atoms with Crippen molar-refractivity contribution < 1.29 is 19.2 Å². The van der Waals surface area contributed by atoms with E-state index < -0.39 is 0 Å². The molecule has 0 saturated carbocycles. The predicted molar refractivity (Wildman–Crippen MR) is 88.3 cm³/mol. The molecular weight excluding hydrogens is 336 g/mol. The van der Waals surface area contributed by atoms with Crippen LogP contribution in [0.1, 0.15) is 25.7 Å². The molecule has 0 unspecified atom stereocenters. The minimum absolute atomic E-state index is 0.0275. The van der Waals surface area contributed by atoms with Gasteiger partial charge < -0.3 is 0 Å². The summed E-state index contributed by atoms with van der Waals surface area (Å²) in [6.45, 7) is 0. The molecule has 112 valence electrons. The van der Waals surface area contributed by atoms with Crippen molar-refractivity contribution in [3.05, 3.63) is 0 Å². The van der Waals surface area contributed by atoms with Crippen molar-refractivity contribution in [3.8, 4) is 0 Å². The van der Waals surface area contributed by atoms with Gasteiger partial charge in [-0.2, -0.15) is 0 Å². The quantitative estimate of drug-likeness (QED) is 0.659. The van der Waals surface area contributed by atoms with Crippen LogP contribution in [-0.2, 0) is 19.2 Å². The molecule has 0 radical (unpaired) electrons. The summed E-state index contributed by atoms with van der Waals surface area (Å²) in [6.07, 6.45) is 1.37. The number of hydrogen-bond acceptors (Lipinski definition) is 8. The Kier molecular flexibility index (Phi) is 9.75. The lowest BCUT2D eigenvalue weighted by atomic mass is 10.5. The minimum Gasteiger partial charge on any atom is -0.287 e.